The second-order valence-corrected chi connectivity index (χ2v) is 2.16. The molecule has 0 fully saturated rings. The highest BCUT2D eigenvalue weighted by atomic mass is 19.4. The Morgan fingerprint density at radius 3 is 2.00 bits per heavy atom. The van der Waals surface area contributed by atoms with E-state index in [1.165, 1.54) is 0 Å². The van der Waals surface area contributed by atoms with Gasteiger partial charge in [-0.15, -0.1) is 0 Å². The molecule has 1 N–H and O–H groups in total. The van der Waals surface area contributed by atoms with E-state index in [1.54, 1.807) is 0 Å². The molecule has 0 aliphatic rings. The van der Waals surface area contributed by atoms with Crippen LogP contribution in [0.5, 0.6) is 0 Å². The molecular weight excluding hydrogens is 181 g/mol. The van der Waals surface area contributed by atoms with Gasteiger partial charge in [-0.1, -0.05) is 0 Å². The Balaban J connectivity index is 3.02. The van der Waals surface area contributed by atoms with Crippen LogP contribution in [-0.2, 0) is 5.92 Å². The van der Waals surface area contributed by atoms with Crippen LogP contribution in [0.25, 0.3) is 0 Å². The van der Waals surface area contributed by atoms with Crippen molar-refractivity contribution in [3.05, 3.63) is 24.0 Å². The second-order valence-electron chi connectivity index (χ2n) is 2.16. The summed E-state index contributed by atoms with van der Waals surface area (Å²) in [6, 6.07) is 1.77. The van der Waals surface area contributed by atoms with Crippen LogP contribution in [0, 0.1) is 0 Å². The van der Waals surface area contributed by atoms with Crippen LogP contribution in [0.3, 0.4) is 0 Å². The van der Waals surface area contributed by atoms with Crippen LogP contribution in [0.4, 0.5) is 22.0 Å². The minimum Gasteiger partial charge on any atom is -0.360 e. The Morgan fingerprint density at radius 1 is 1.08 bits per heavy atom. The normalized spacial score (nSPS) is 13.4. The third-order valence-corrected chi connectivity index (χ3v) is 1.29. The maximum absolute atomic E-state index is 12.3. The molecule has 0 atom stereocenters. The molecule has 6 heteroatoms. The van der Waals surface area contributed by atoms with Crippen molar-refractivity contribution in [1.82, 2.24) is 4.98 Å². The molecule has 1 aromatic rings. The molecule has 0 radical (unpaired) electrons. The first kappa shape index (κ1) is 9.02. The van der Waals surface area contributed by atoms with E-state index in [4.69, 9.17) is 0 Å². The maximum atomic E-state index is 12.3. The molecule has 1 rings (SSSR count). The molecule has 1 heterocycles. The van der Waals surface area contributed by atoms with Crippen LogP contribution in [0.1, 0.15) is 5.69 Å². The number of H-pyrrole nitrogens is 1. The lowest BCUT2D eigenvalue weighted by Gasteiger charge is -2.17. The van der Waals surface area contributed by atoms with E-state index < -0.39 is 17.8 Å². The third-order valence-electron chi connectivity index (χ3n) is 1.29. The largest absolute Gasteiger partial charge is 0.459 e. The second kappa shape index (κ2) is 2.46. The highest BCUT2D eigenvalue weighted by Crippen LogP contribution is 2.42. The van der Waals surface area contributed by atoms with Crippen molar-refractivity contribution >= 4 is 0 Å². The lowest BCUT2D eigenvalue weighted by atomic mass is 10.2. The summed E-state index contributed by atoms with van der Waals surface area (Å²) in [6.07, 6.45) is -4.53. The van der Waals surface area contributed by atoms with Gasteiger partial charge in [0.15, 0.2) is 0 Å². The number of nitrogens with one attached hydrogen (secondary N) is 1. The van der Waals surface area contributed by atoms with Gasteiger partial charge >= 0.3 is 12.1 Å². The zero-order valence-corrected chi connectivity index (χ0v) is 5.62. The van der Waals surface area contributed by atoms with E-state index >= 15 is 0 Å². The van der Waals surface area contributed by atoms with Crippen LogP contribution >= 0.6 is 0 Å². The Kier molecular flexibility index (Phi) is 1.85. The molecule has 1 nitrogen and oxygen atoms in total. The number of aromatic nitrogens is 1. The number of halogens is 5. The van der Waals surface area contributed by atoms with Gasteiger partial charge in [-0.2, -0.15) is 22.0 Å². The van der Waals surface area contributed by atoms with Crippen LogP contribution < -0.4 is 0 Å². The van der Waals surface area contributed by atoms with Gasteiger partial charge in [0.25, 0.3) is 0 Å². The van der Waals surface area contributed by atoms with E-state index in [0.717, 1.165) is 12.3 Å². The molecule has 68 valence electrons. The molecule has 1 aromatic heterocycles. The van der Waals surface area contributed by atoms with Crippen molar-refractivity contribution < 1.29 is 22.0 Å². The predicted molar refractivity (Wildman–Crippen MR) is 30.7 cm³/mol. The fraction of sp³-hybridized carbons (Fsp3) is 0.333. The molecule has 0 bridgehead atoms. The lowest BCUT2D eigenvalue weighted by Crippen LogP contribution is -2.33. The van der Waals surface area contributed by atoms with Crippen LogP contribution in [0.15, 0.2) is 18.3 Å². The Hall–Kier alpha value is -1.07. The number of alkyl halides is 5. The topological polar surface area (TPSA) is 15.8 Å². The van der Waals surface area contributed by atoms with E-state index in [2.05, 4.69) is 0 Å². The van der Waals surface area contributed by atoms with Crippen molar-refractivity contribution in [2.75, 3.05) is 0 Å². The lowest BCUT2D eigenvalue weighted by molar-refractivity contribution is -0.290. The maximum Gasteiger partial charge on any atom is 0.459 e. The quantitative estimate of drug-likeness (QED) is 0.647. The molecule has 0 amide bonds. The average molecular weight is 185 g/mol. The van der Waals surface area contributed by atoms with Crippen molar-refractivity contribution in [2.24, 2.45) is 0 Å². The number of hydrogen-bond donors (Lipinski definition) is 1. The first-order valence-electron chi connectivity index (χ1n) is 2.94. The van der Waals surface area contributed by atoms with Crippen molar-refractivity contribution in [3.8, 4) is 0 Å². The summed E-state index contributed by atoms with van der Waals surface area (Å²) < 4.78 is 59.6. The zero-order chi connectivity index (χ0) is 9.41. The first-order chi connectivity index (χ1) is 5.36. The van der Waals surface area contributed by atoms with E-state index in [9.17, 15) is 22.0 Å². The van der Waals surface area contributed by atoms with E-state index in [0.29, 0.717) is 6.07 Å². The van der Waals surface area contributed by atoms with Crippen molar-refractivity contribution in [1.29, 1.82) is 0 Å². The summed E-state index contributed by atoms with van der Waals surface area (Å²) in [5.41, 5.74) is -1.14. The molecule has 0 spiro atoms. The smallest absolute Gasteiger partial charge is 0.360 e. The molecule has 0 unspecified atom stereocenters. The highest BCUT2D eigenvalue weighted by Gasteiger charge is 2.59. The van der Waals surface area contributed by atoms with Crippen LogP contribution in [0.2, 0.25) is 0 Å². The molecule has 12 heavy (non-hydrogen) atoms. The van der Waals surface area contributed by atoms with Crippen molar-refractivity contribution in [3.63, 3.8) is 0 Å². The number of aromatic amines is 1. The molecule has 0 aliphatic carbocycles. The zero-order valence-electron chi connectivity index (χ0n) is 5.62. The summed E-state index contributed by atoms with van der Waals surface area (Å²) in [5, 5.41) is 0. The first-order valence-corrected chi connectivity index (χ1v) is 2.94. The standard InChI is InChI=1S/C6H4F5N/c7-5(8,6(9,10)11)4-2-1-3-12-4/h1-3,12H. The monoisotopic (exact) mass is 185 g/mol. The van der Waals surface area contributed by atoms with Crippen LogP contribution in [-0.4, -0.2) is 11.2 Å². The average Bonchev–Trinajstić information content (AvgIpc) is 2.34. The van der Waals surface area contributed by atoms with Gasteiger partial charge in [0.2, 0.25) is 0 Å². The van der Waals surface area contributed by atoms with Gasteiger partial charge in [0.05, 0.1) is 5.69 Å². The van der Waals surface area contributed by atoms with Gasteiger partial charge in [-0.05, 0) is 12.1 Å². The third kappa shape index (κ3) is 1.28. The highest BCUT2D eigenvalue weighted by molar-refractivity contribution is 5.12. The number of hydrogen-bond acceptors (Lipinski definition) is 0. The Morgan fingerprint density at radius 2 is 1.67 bits per heavy atom. The molecule has 0 aliphatic heterocycles. The fourth-order valence-corrected chi connectivity index (χ4v) is 0.678. The summed E-state index contributed by atoms with van der Waals surface area (Å²) in [7, 11) is 0. The minimum absolute atomic E-state index is 0.688. The van der Waals surface area contributed by atoms with Gasteiger partial charge < -0.3 is 4.98 Å². The Labute approximate surface area is 64.2 Å². The van der Waals surface area contributed by atoms with Gasteiger partial charge in [0, 0.05) is 6.20 Å². The van der Waals surface area contributed by atoms with E-state index in [1.807, 2.05) is 4.98 Å². The molecular formula is C6H4F5N. The molecule has 0 saturated carbocycles. The molecule has 0 saturated heterocycles. The van der Waals surface area contributed by atoms with Crippen molar-refractivity contribution in [2.45, 2.75) is 12.1 Å². The fourth-order valence-electron chi connectivity index (χ4n) is 0.678. The van der Waals surface area contributed by atoms with E-state index in [-0.39, 0.29) is 0 Å². The minimum atomic E-state index is -5.54. The molecule has 0 aromatic carbocycles. The van der Waals surface area contributed by atoms with Gasteiger partial charge in [0.1, 0.15) is 0 Å². The summed E-state index contributed by atoms with van der Waals surface area (Å²) in [6.45, 7) is 0. The summed E-state index contributed by atoms with van der Waals surface area (Å²) in [5.74, 6) is -4.80. The van der Waals surface area contributed by atoms with Gasteiger partial charge in [-0.3, -0.25) is 0 Å². The number of rotatable bonds is 1. The summed E-state index contributed by atoms with van der Waals surface area (Å²) >= 11 is 0. The Bertz CT molecular complexity index is 247. The van der Waals surface area contributed by atoms with Gasteiger partial charge in [-0.25, -0.2) is 0 Å². The predicted octanol–water partition coefficient (Wildman–Crippen LogP) is 2.67. The SMILES string of the molecule is FC(F)(F)C(F)(F)c1ccc[nH]1. The summed E-state index contributed by atoms with van der Waals surface area (Å²) in [4.78, 5) is 1.81.